The summed E-state index contributed by atoms with van der Waals surface area (Å²) in [6.45, 7) is 13.2. The largest absolute Gasteiger partial charge is 3.00 e. The smallest absolute Gasteiger partial charge is 0.550 e. The number of aliphatic carboxylic acids is 3. The molecular weight excluding hydrogens is 710 g/mol. The minimum absolute atomic E-state index is 0. The molecule has 0 fully saturated rings. The average molecular weight is 774 g/mol. The van der Waals surface area contributed by atoms with Crippen LogP contribution < -0.4 is 15.3 Å². The van der Waals surface area contributed by atoms with Crippen LogP contribution in [0.25, 0.3) is 0 Å². The van der Waals surface area contributed by atoms with Crippen LogP contribution in [0.3, 0.4) is 0 Å². The molecule has 43 heavy (non-hydrogen) atoms. The van der Waals surface area contributed by atoms with Gasteiger partial charge >= 0.3 is 24.4 Å². The summed E-state index contributed by atoms with van der Waals surface area (Å²) in [5.74, 6) is -0.528. The second-order valence-electron chi connectivity index (χ2n) is 12.7. The van der Waals surface area contributed by atoms with Crippen molar-refractivity contribution in [3.8, 4) is 0 Å². The van der Waals surface area contributed by atoms with E-state index < -0.39 is 17.9 Å². The first-order valence-electron chi connectivity index (χ1n) is 16.2. The zero-order valence-electron chi connectivity index (χ0n) is 27.9. The Labute approximate surface area is 298 Å². The van der Waals surface area contributed by atoms with Crippen LogP contribution in [0.1, 0.15) is 138 Å². The summed E-state index contributed by atoms with van der Waals surface area (Å²) in [5.41, 5.74) is 0. The minimum atomic E-state index is -0.955. The Bertz CT molecular complexity index is 565. The molecular formula is C33H63O6S3Sb. The molecule has 0 aliphatic heterocycles. The van der Waals surface area contributed by atoms with E-state index in [-0.39, 0.29) is 42.2 Å². The van der Waals surface area contributed by atoms with Crippen molar-refractivity contribution in [1.29, 1.82) is 0 Å². The van der Waals surface area contributed by atoms with Crippen molar-refractivity contribution in [1.82, 2.24) is 0 Å². The van der Waals surface area contributed by atoms with Crippen molar-refractivity contribution in [2.75, 3.05) is 17.3 Å². The van der Waals surface area contributed by atoms with E-state index >= 15 is 0 Å². The van der Waals surface area contributed by atoms with Crippen molar-refractivity contribution in [3.05, 3.63) is 0 Å². The van der Waals surface area contributed by atoms with Gasteiger partial charge in [0.05, 0.1) is 0 Å². The van der Waals surface area contributed by atoms with Crippen LogP contribution in [0, 0.1) is 35.5 Å². The molecule has 0 heterocycles. The number of rotatable bonds is 24. The first-order valence-corrected chi connectivity index (χ1v) is 18.1. The molecule has 3 unspecified atom stereocenters. The Hall–Kier alpha value is 0.278. The molecule has 10 heteroatoms. The quantitative estimate of drug-likeness (QED) is 0.0698. The van der Waals surface area contributed by atoms with Crippen molar-refractivity contribution >= 4 is 80.2 Å². The van der Waals surface area contributed by atoms with Gasteiger partial charge in [-0.3, -0.25) is 0 Å². The number of unbranched alkanes of at least 4 members (excludes halogenated alkanes) is 6. The first kappa shape index (κ1) is 50.1. The maximum Gasteiger partial charge on any atom is 3.00 e. The molecule has 0 aromatic rings. The maximum absolute atomic E-state index is 10.5. The van der Waals surface area contributed by atoms with Gasteiger partial charge in [0.25, 0.3) is 0 Å². The Morgan fingerprint density at radius 3 is 0.744 bits per heavy atom. The van der Waals surface area contributed by atoms with Gasteiger partial charge in [0.1, 0.15) is 0 Å². The Morgan fingerprint density at radius 2 is 0.605 bits per heavy atom. The van der Waals surface area contributed by atoms with Crippen LogP contribution in [0.15, 0.2) is 0 Å². The molecule has 0 amide bonds. The van der Waals surface area contributed by atoms with E-state index in [0.29, 0.717) is 36.5 Å². The Kier molecular flexibility index (Phi) is 41.0. The maximum atomic E-state index is 10.5. The number of hydrogen-bond donors (Lipinski definition) is 3. The van der Waals surface area contributed by atoms with Crippen LogP contribution in [0.4, 0.5) is 0 Å². The molecule has 0 aromatic carbocycles. The number of carboxylic acid groups (broad SMARTS) is 3. The van der Waals surface area contributed by atoms with Gasteiger partial charge in [-0.1, -0.05) is 119 Å². The van der Waals surface area contributed by atoms with Gasteiger partial charge < -0.3 is 29.7 Å². The minimum Gasteiger partial charge on any atom is -0.550 e. The molecule has 0 spiro atoms. The van der Waals surface area contributed by atoms with Gasteiger partial charge in [0.15, 0.2) is 0 Å². The average Bonchev–Trinajstić information content (AvgIpc) is 2.90. The van der Waals surface area contributed by atoms with Gasteiger partial charge in [0, 0.05) is 35.7 Å². The Morgan fingerprint density at radius 1 is 0.419 bits per heavy atom. The van der Waals surface area contributed by atoms with Crippen LogP contribution in [-0.4, -0.2) is 59.6 Å². The fourth-order valence-corrected chi connectivity index (χ4v) is 5.21. The third-order valence-corrected chi connectivity index (χ3v) is 8.49. The topological polar surface area (TPSA) is 120 Å². The molecule has 0 aliphatic carbocycles. The van der Waals surface area contributed by atoms with Crippen molar-refractivity contribution in [2.45, 2.75) is 138 Å². The molecule has 6 nitrogen and oxygen atoms in total. The third-order valence-electron chi connectivity index (χ3n) is 7.16. The molecule has 0 saturated heterocycles. The van der Waals surface area contributed by atoms with Crippen molar-refractivity contribution in [3.63, 3.8) is 0 Å². The molecule has 0 rings (SSSR count). The summed E-state index contributed by atoms with van der Waals surface area (Å²) in [5, 5.41) is 31.6. The molecule has 3 atom stereocenters. The van der Waals surface area contributed by atoms with Gasteiger partial charge in [-0.15, -0.1) is 0 Å². The second-order valence-corrected chi connectivity index (χ2v) is 13.8. The molecule has 0 aliphatic rings. The van der Waals surface area contributed by atoms with Gasteiger partial charge in [-0.05, 0) is 54.3 Å². The molecule has 254 valence electrons. The normalized spacial score (nSPS) is 12.8. The molecule has 0 bridgehead atoms. The summed E-state index contributed by atoms with van der Waals surface area (Å²) in [6, 6.07) is 0. The van der Waals surface area contributed by atoms with E-state index in [1.807, 2.05) is 0 Å². The van der Waals surface area contributed by atoms with E-state index in [1.54, 1.807) is 0 Å². The van der Waals surface area contributed by atoms with Crippen LogP contribution >= 0.6 is 37.9 Å². The van der Waals surface area contributed by atoms with Crippen LogP contribution in [0.2, 0.25) is 0 Å². The SMILES string of the molecule is CC(C)CCCCCC(CS)C(=O)[O-].CC(C)CCCCCC(CS)C(=O)[O-].CC(C)CCCCCC(CS)C(=O)[O-].[Sb+3]. The Balaban J connectivity index is -0.000000262. The fourth-order valence-electron chi connectivity index (χ4n) is 4.21. The summed E-state index contributed by atoms with van der Waals surface area (Å²) >= 11 is 12.0. The molecule has 2 radical (unpaired) electrons. The predicted octanol–water partition coefficient (Wildman–Crippen LogP) is 5.29. The summed E-state index contributed by atoms with van der Waals surface area (Å²) in [6.07, 6.45) is 15.7. The van der Waals surface area contributed by atoms with E-state index in [0.717, 1.165) is 56.3 Å². The summed E-state index contributed by atoms with van der Waals surface area (Å²) in [7, 11) is 0. The number of carbonyl (C=O) groups is 3. The van der Waals surface area contributed by atoms with Crippen molar-refractivity contribution < 1.29 is 29.7 Å². The summed E-state index contributed by atoms with van der Waals surface area (Å²) < 4.78 is 0. The number of thiol groups is 3. The first-order chi connectivity index (χ1) is 19.7. The zero-order valence-corrected chi connectivity index (χ0v) is 33.2. The number of carbonyl (C=O) groups excluding carboxylic acids is 3. The summed E-state index contributed by atoms with van der Waals surface area (Å²) in [4.78, 5) is 31.6. The van der Waals surface area contributed by atoms with E-state index in [2.05, 4.69) is 79.4 Å². The molecule has 0 saturated carbocycles. The number of hydrogen-bond acceptors (Lipinski definition) is 9. The van der Waals surface area contributed by atoms with E-state index in [1.165, 1.54) is 38.5 Å². The van der Waals surface area contributed by atoms with Crippen LogP contribution in [0.5, 0.6) is 0 Å². The molecule has 0 aromatic heterocycles. The number of carboxylic acids is 3. The second kappa shape index (κ2) is 35.1. The van der Waals surface area contributed by atoms with Gasteiger partial charge in [-0.25, -0.2) is 0 Å². The predicted molar refractivity (Wildman–Crippen MR) is 187 cm³/mol. The monoisotopic (exact) mass is 772 g/mol. The van der Waals surface area contributed by atoms with Gasteiger partial charge in [0.2, 0.25) is 0 Å². The van der Waals surface area contributed by atoms with Gasteiger partial charge in [-0.2, -0.15) is 37.9 Å². The zero-order chi connectivity index (χ0) is 32.9. The van der Waals surface area contributed by atoms with Crippen LogP contribution in [-0.2, 0) is 14.4 Å². The third kappa shape index (κ3) is 38.4. The van der Waals surface area contributed by atoms with E-state index in [9.17, 15) is 29.7 Å². The standard InChI is InChI=1S/3C11H22O2S.Sb/c3*1-9(2)6-4-3-5-7-10(8-14)11(12)13;/h3*9-10,14H,3-8H2,1-2H3,(H,12,13);/q;;;+3/p-3. The van der Waals surface area contributed by atoms with Crippen molar-refractivity contribution in [2.24, 2.45) is 35.5 Å². The van der Waals surface area contributed by atoms with E-state index in [4.69, 9.17) is 0 Å². The fraction of sp³-hybridized carbons (Fsp3) is 0.909. The molecule has 0 N–H and O–H groups in total.